The maximum atomic E-state index is 11.0. The van der Waals surface area contributed by atoms with Crippen LogP contribution in [0.25, 0.3) is 0 Å². The van der Waals surface area contributed by atoms with Gasteiger partial charge in [-0.3, -0.25) is 0 Å². The standard InChI is InChI=1S/C9H9O/c1-2-9(10)8-6-4-3-5-7-8/h2-7,9H,1H2. The van der Waals surface area contributed by atoms with Crippen molar-refractivity contribution in [1.82, 2.24) is 0 Å². The highest BCUT2D eigenvalue weighted by molar-refractivity contribution is 5.19. The lowest BCUT2D eigenvalue weighted by atomic mass is 10.1. The lowest BCUT2D eigenvalue weighted by molar-refractivity contribution is 0.132. The van der Waals surface area contributed by atoms with Gasteiger partial charge in [-0.15, -0.1) is 6.58 Å². The van der Waals surface area contributed by atoms with Crippen LogP contribution in [-0.2, 0) is 5.11 Å². The monoisotopic (exact) mass is 133 g/mol. The molecule has 10 heavy (non-hydrogen) atoms. The number of rotatable bonds is 2. The van der Waals surface area contributed by atoms with Crippen LogP contribution in [0.15, 0.2) is 43.0 Å². The maximum absolute atomic E-state index is 11.0. The first kappa shape index (κ1) is 7.03. The largest absolute Gasteiger partial charge is 0.223 e. The summed E-state index contributed by atoms with van der Waals surface area (Å²) in [7, 11) is 0. The average molecular weight is 133 g/mol. The molecule has 0 amide bonds. The molecular formula is C9H9O. The molecule has 1 rings (SSSR count). The second kappa shape index (κ2) is 3.18. The van der Waals surface area contributed by atoms with Gasteiger partial charge in [0, 0.05) is 0 Å². The molecule has 0 aliphatic carbocycles. The van der Waals surface area contributed by atoms with E-state index in [-0.39, 0.29) is 0 Å². The van der Waals surface area contributed by atoms with E-state index < -0.39 is 6.10 Å². The smallest absolute Gasteiger partial charge is 0.136 e. The molecule has 0 fully saturated rings. The fourth-order valence-electron chi connectivity index (χ4n) is 0.779. The molecule has 1 heteroatoms. The number of hydrogen-bond donors (Lipinski definition) is 0. The van der Waals surface area contributed by atoms with Crippen molar-refractivity contribution in [2.24, 2.45) is 0 Å². The van der Waals surface area contributed by atoms with Gasteiger partial charge < -0.3 is 0 Å². The lowest BCUT2D eigenvalue weighted by Gasteiger charge is -1.99. The fourth-order valence-corrected chi connectivity index (χ4v) is 0.779. The Morgan fingerprint density at radius 1 is 1.30 bits per heavy atom. The topological polar surface area (TPSA) is 19.9 Å². The summed E-state index contributed by atoms with van der Waals surface area (Å²) in [6, 6.07) is 9.20. The zero-order valence-electron chi connectivity index (χ0n) is 5.66. The van der Waals surface area contributed by atoms with Gasteiger partial charge in [0.1, 0.15) is 6.10 Å². The SMILES string of the molecule is C=CC([O])c1ccccc1. The number of hydrogen-bond acceptors (Lipinski definition) is 0. The van der Waals surface area contributed by atoms with Gasteiger partial charge in [-0.25, -0.2) is 5.11 Å². The normalized spacial score (nSPS) is 12.5. The predicted octanol–water partition coefficient (Wildman–Crippen LogP) is 2.34. The summed E-state index contributed by atoms with van der Waals surface area (Å²) >= 11 is 0. The summed E-state index contributed by atoms with van der Waals surface area (Å²) in [6.07, 6.45) is 0.621. The first-order chi connectivity index (χ1) is 4.84. The Kier molecular flexibility index (Phi) is 2.24. The minimum absolute atomic E-state index is 0.775. The quantitative estimate of drug-likeness (QED) is 0.552. The van der Waals surface area contributed by atoms with E-state index in [9.17, 15) is 5.11 Å². The molecule has 0 aliphatic heterocycles. The second-order valence-electron chi connectivity index (χ2n) is 2.07. The fraction of sp³-hybridized carbons (Fsp3) is 0.111. The van der Waals surface area contributed by atoms with Crippen LogP contribution in [0.4, 0.5) is 0 Å². The van der Waals surface area contributed by atoms with Crippen molar-refractivity contribution in [3.8, 4) is 0 Å². The molecule has 0 heterocycles. The van der Waals surface area contributed by atoms with Crippen molar-refractivity contribution < 1.29 is 5.11 Å². The van der Waals surface area contributed by atoms with Gasteiger partial charge in [-0.1, -0.05) is 36.4 Å². The van der Waals surface area contributed by atoms with Gasteiger partial charge >= 0.3 is 0 Å². The molecule has 0 bridgehead atoms. The van der Waals surface area contributed by atoms with Gasteiger partial charge in [0.25, 0.3) is 0 Å². The summed E-state index contributed by atoms with van der Waals surface area (Å²) < 4.78 is 0. The molecule has 1 atom stereocenters. The van der Waals surface area contributed by atoms with Crippen LogP contribution in [0.5, 0.6) is 0 Å². The Morgan fingerprint density at radius 2 is 1.90 bits per heavy atom. The van der Waals surface area contributed by atoms with E-state index >= 15 is 0 Å². The molecule has 1 nitrogen and oxygen atoms in total. The predicted molar refractivity (Wildman–Crippen MR) is 40.1 cm³/mol. The van der Waals surface area contributed by atoms with Crippen LogP contribution in [-0.4, -0.2) is 0 Å². The first-order valence-electron chi connectivity index (χ1n) is 3.18. The Bertz CT molecular complexity index is 203. The molecule has 0 N–H and O–H groups in total. The van der Waals surface area contributed by atoms with E-state index in [2.05, 4.69) is 6.58 Å². The average Bonchev–Trinajstić information content (AvgIpc) is 2.05. The van der Waals surface area contributed by atoms with Gasteiger partial charge in [-0.05, 0) is 5.56 Å². The third-order valence-electron chi connectivity index (χ3n) is 1.34. The van der Waals surface area contributed by atoms with Crippen LogP contribution in [0, 0.1) is 0 Å². The van der Waals surface area contributed by atoms with E-state index in [1.807, 2.05) is 18.2 Å². The molecule has 51 valence electrons. The summed E-state index contributed by atoms with van der Waals surface area (Å²) in [5.41, 5.74) is 0.775. The highest BCUT2D eigenvalue weighted by Gasteiger charge is 2.00. The molecule has 0 saturated carbocycles. The van der Waals surface area contributed by atoms with Crippen LogP contribution >= 0.6 is 0 Å². The van der Waals surface area contributed by atoms with Gasteiger partial charge in [0.15, 0.2) is 0 Å². The zero-order chi connectivity index (χ0) is 7.40. The van der Waals surface area contributed by atoms with Crippen molar-refractivity contribution in [3.05, 3.63) is 48.6 Å². The zero-order valence-corrected chi connectivity index (χ0v) is 5.66. The first-order valence-corrected chi connectivity index (χ1v) is 3.18. The molecular weight excluding hydrogens is 124 g/mol. The summed E-state index contributed by atoms with van der Waals surface area (Å²) in [4.78, 5) is 0. The molecule has 0 saturated heterocycles. The van der Waals surface area contributed by atoms with E-state index in [0.717, 1.165) is 5.56 Å². The molecule has 0 spiro atoms. The van der Waals surface area contributed by atoms with Crippen LogP contribution in [0.3, 0.4) is 0 Å². The number of benzene rings is 1. The molecule has 0 aliphatic rings. The minimum Gasteiger partial charge on any atom is -0.223 e. The molecule has 1 unspecified atom stereocenters. The molecule has 0 aromatic heterocycles. The van der Waals surface area contributed by atoms with Crippen LogP contribution in [0.1, 0.15) is 11.7 Å². The highest BCUT2D eigenvalue weighted by Crippen LogP contribution is 2.12. The van der Waals surface area contributed by atoms with Crippen molar-refractivity contribution in [2.45, 2.75) is 6.10 Å². The van der Waals surface area contributed by atoms with Gasteiger partial charge in [0.2, 0.25) is 0 Å². The Hall–Kier alpha value is -1.08. The Balaban J connectivity index is 2.84. The minimum atomic E-state index is -0.777. The highest BCUT2D eigenvalue weighted by atomic mass is 16.3. The van der Waals surface area contributed by atoms with E-state index in [1.54, 1.807) is 12.1 Å². The van der Waals surface area contributed by atoms with E-state index in [0.29, 0.717) is 0 Å². The lowest BCUT2D eigenvalue weighted by Crippen LogP contribution is -1.88. The third-order valence-corrected chi connectivity index (χ3v) is 1.34. The summed E-state index contributed by atoms with van der Waals surface area (Å²) in [5.74, 6) is 0. The third kappa shape index (κ3) is 1.45. The van der Waals surface area contributed by atoms with Crippen molar-refractivity contribution in [1.29, 1.82) is 0 Å². The Morgan fingerprint density at radius 3 is 2.40 bits per heavy atom. The summed E-state index contributed by atoms with van der Waals surface area (Å²) in [5, 5.41) is 11.0. The van der Waals surface area contributed by atoms with Crippen LogP contribution in [0.2, 0.25) is 0 Å². The van der Waals surface area contributed by atoms with E-state index in [4.69, 9.17) is 0 Å². The van der Waals surface area contributed by atoms with Crippen molar-refractivity contribution in [3.63, 3.8) is 0 Å². The van der Waals surface area contributed by atoms with Crippen molar-refractivity contribution >= 4 is 0 Å². The maximum Gasteiger partial charge on any atom is 0.136 e. The van der Waals surface area contributed by atoms with Crippen LogP contribution < -0.4 is 0 Å². The molecule has 1 aromatic carbocycles. The second-order valence-corrected chi connectivity index (χ2v) is 2.07. The summed E-state index contributed by atoms with van der Waals surface area (Å²) in [6.45, 7) is 3.42. The van der Waals surface area contributed by atoms with Crippen molar-refractivity contribution in [2.75, 3.05) is 0 Å². The van der Waals surface area contributed by atoms with Gasteiger partial charge in [-0.2, -0.15) is 0 Å². The molecule has 1 radical (unpaired) electrons. The van der Waals surface area contributed by atoms with Gasteiger partial charge in [0.05, 0.1) is 0 Å². The molecule has 1 aromatic rings. The Labute approximate surface area is 60.6 Å². The van der Waals surface area contributed by atoms with E-state index in [1.165, 1.54) is 6.08 Å².